The summed E-state index contributed by atoms with van der Waals surface area (Å²) in [5.74, 6) is 11.6. The summed E-state index contributed by atoms with van der Waals surface area (Å²) >= 11 is 0. The highest BCUT2D eigenvalue weighted by atomic mass is 32.2. The van der Waals surface area contributed by atoms with Gasteiger partial charge in [0.05, 0.1) is 4.90 Å². The molecule has 126 valence electrons. The van der Waals surface area contributed by atoms with Crippen LogP contribution in [-0.4, -0.2) is 14.2 Å². The topological polar surface area (TPSA) is 34.1 Å². The molecule has 0 unspecified atom stereocenters. The van der Waals surface area contributed by atoms with Crippen molar-refractivity contribution >= 4 is 9.84 Å². The predicted molar refractivity (Wildman–Crippen MR) is 104 cm³/mol. The quantitative estimate of drug-likeness (QED) is 0.653. The fraction of sp³-hybridized carbons (Fsp3) is 0.0435. The molecule has 0 aliphatic carbocycles. The first-order valence-corrected chi connectivity index (χ1v) is 9.72. The Kier molecular flexibility index (Phi) is 5.54. The monoisotopic (exact) mass is 356 g/mol. The lowest BCUT2D eigenvalue weighted by molar-refractivity contribution is 0.599. The average molecular weight is 356 g/mol. The summed E-state index contributed by atoms with van der Waals surface area (Å²) in [4.78, 5) is 0.292. The molecular formula is C23H16O2S. The maximum Gasteiger partial charge on any atom is 0.189 e. The van der Waals surface area contributed by atoms with Gasteiger partial charge in [-0.15, -0.1) is 0 Å². The molecule has 3 aromatic carbocycles. The van der Waals surface area contributed by atoms with Crippen molar-refractivity contribution in [1.82, 2.24) is 0 Å². The van der Waals surface area contributed by atoms with Crippen LogP contribution in [0.4, 0.5) is 0 Å². The van der Waals surface area contributed by atoms with Crippen LogP contribution in [0.15, 0.2) is 89.8 Å². The third-order valence-corrected chi connectivity index (χ3v) is 5.12. The smallest absolute Gasteiger partial charge is 0.189 e. The van der Waals surface area contributed by atoms with E-state index in [2.05, 4.69) is 23.7 Å². The second-order valence-corrected chi connectivity index (χ2v) is 7.56. The first kappa shape index (κ1) is 17.5. The number of hydrogen-bond acceptors (Lipinski definition) is 2. The lowest BCUT2D eigenvalue weighted by Crippen LogP contribution is -2.04. The van der Waals surface area contributed by atoms with Crippen LogP contribution in [0.25, 0.3) is 0 Å². The van der Waals surface area contributed by atoms with Crippen LogP contribution in [0.1, 0.15) is 16.7 Å². The molecule has 0 saturated carbocycles. The molecule has 0 N–H and O–H groups in total. The molecule has 0 heterocycles. The van der Waals surface area contributed by atoms with Crippen LogP contribution in [-0.2, 0) is 9.84 Å². The van der Waals surface area contributed by atoms with E-state index in [0.717, 1.165) is 16.7 Å². The number of hydrogen-bond donors (Lipinski definition) is 0. The molecule has 0 fully saturated rings. The molecule has 3 heteroatoms. The molecule has 0 radical (unpaired) electrons. The van der Waals surface area contributed by atoms with Gasteiger partial charge in [-0.2, -0.15) is 0 Å². The standard InChI is InChI=1S/C23H16O2S/c24-26(25,23-11-5-2-6-12-23)19-7-10-21-14-17-22(18-15-21)16-13-20-8-3-1-4-9-20/h1-6,8-9,11-12,14-15,17-18H,19H2. The van der Waals surface area contributed by atoms with Gasteiger partial charge >= 0.3 is 0 Å². The number of rotatable bonds is 2. The minimum Gasteiger partial charge on any atom is -0.223 e. The summed E-state index contributed by atoms with van der Waals surface area (Å²) in [5.41, 5.74) is 2.61. The van der Waals surface area contributed by atoms with E-state index in [1.807, 2.05) is 54.6 Å². The Balaban J connectivity index is 1.67. The van der Waals surface area contributed by atoms with E-state index in [-0.39, 0.29) is 5.75 Å². The molecule has 0 saturated heterocycles. The summed E-state index contributed by atoms with van der Waals surface area (Å²) in [6.07, 6.45) is 0. The van der Waals surface area contributed by atoms with Crippen molar-refractivity contribution in [1.29, 1.82) is 0 Å². The van der Waals surface area contributed by atoms with Gasteiger partial charge in [0.15, 0.2) is 9.84 Å². The van der Waals surface area contributed by atoms with Crippen molar-refractivity contribution in [2.45, 2.75) is 4.90 Å². The van der Waals surface area contributed by atoms with Gasteiger partial charge in [0.1, 0.15) is 5.75 Å². The predicted octanol–water partition coefficient (Wildman–Crippen LogP) is 3.91. The van der Waals surface area contributed by atoms with E-state index in [9.17, 15) is 8.42 Å². The highest BCUT2D eigenvalue weighted by Crippen LogP contribution is 2.09. The van der Waals surface area contributed by atoms with Crippen LogP contribution in [0.3, 0.4) is 0 Å². The van der Waals surface area contributed by atoms with Crippen LogP contribution < -0.4 is 0 Å². The second-order valence-electron chi connectivity index (χ2n) is 5.57. The lowest BCUT2D eigenvalue weighted by atomic mass is 10.1. The lowest BCUT2D eigenvalue weighted by Gasteiger charge is -1.98. The minimum absolute atomic E-state index is 0.202. The second kappa shape index (κ2) is 8.21. The van der Waals surface area contributed by atoms with Crippen molar-refractivity contribution in [3.05, 3.63) is 102 Å². The largest absolute Gasteiger partial charge is 0.223 e. The Hall–Kier alpha value is -3.27. The molecule has 0 aromatic heterocycles. The first-order chi connectivity index (χ1) is 12.6. The van der Waals surface area contributed by atoms with Crippen molar-refractivity contribution in [2.24, 2.45) is 0 Å². The van der Waals surface area contributed by atoms with Crippen molar-refractivity contribution in [2.75, 3.05) is 5.75 Å². The molecule has 0 atom stereocenters. The Bertz CT molecular complexity index is 1090. The van der Waals surface area contributed by atoms with Crippen LogP contribution in [0, 0.1) is 23.7 Å². The van der Waals surface area contributed by atoms with Gasteiger partial charge in [0.25, 0.3) is 0 Å². The summed E-state index contributed by atoms with van der Waals surface area (Å²) in [5, 5.41) is 0. The maximum absolute atomic E-state index is 12.2. The molecule has 0 aliphatic heterocycles. The molecule has 0 bridgehead atoms. The van der Waals surface area contributed by atoms with E-state index in [1.165, 1.54) is 0 Å². The molecule has 0 spiro atoms. The van der Waals surface area contributed by atoms with E-state index in [0.29, 0.717) is 4.90 Å². The van der Waals surface area contributed by atoms with Crippen LogP contribution >= 0.6 is 0 Å². The first-order valence-electron chi connectivity index (χ1n) is 8.07. The molecular weight excluding hydrogens is 340 g/mol. The summed E-state index contributed by atoms with van der Waals surface area (Å²) in [7, 11) is -3.37. The molecule has 0 amide bonds. The third-order valence-electron chi connectivity index (χ3n) is 3.61. The summed E-state index contributed by atoms with van der Waals surface area (Å²) in [6.45, 7) is 0. The van der Waals surface area contributed by atoms with Crippen molar-refractivity contribution in [3.63, 3.8) is 0 Å². The zero-order chi connectivity index (χ0) is 18.2. The zero-order valence-corrected chi connectivity index (χ0v) is 14.8. The maximum atomic E-state index is 12.2. The Morgan fingerprint density at radius 3 is 1.62 bits per heavy atom. The fourth-order valence-corrected chi connectivity index (χ4v) is 3.25. The third kappa shape index (κ3) is 4.86. The van der Waals surface area contributed by atoms with Gasteiger partial charge < -0.3 is 0 Å². The minimum atomic E-state index is -3.37. The molecule has 2 nitrogen and oxygen atoms in total. The summed E-state index contributed by atoms with van der Waals surface area (Å²) < 4.78 is 24.4. The molecule has 3 rings (SSSR count). The Morgan fingerprint density at radius 1 is 0.577 bits per heavy atom. The SMILES string of the molecule is O=S(=O)(CC#Cc1ccc(C#Cc2ccccc2)cc1)c1ccccc1. The molecule has 3 aromatic rings. The van der Waals surface area contributed by atoms with Crippen molar-refractivity contribution in [3.8, 4) is 23.7 Å². The molecule has 26 heavy (non-hydrogen) atoms. The van der Waals surface area contributed by atoms with Gasteiger partial charge in [-0.1, -0.05) is 60.1 Å². The zero-order valence-electron chi connectivity index (χ0n) is 14.0. The van der Waals surface area contributed by atoms with E-state index < -0.39 is 9.84 Å². The molecule has 0 aliphatic rings. The summed E-state index contributed by atoms with van der Waals surface area (Å²) in [6, 6.07) is 25.6. The van der Waals surface area contributed by atoms with Gasteiger partial charge in [0, 0.05) is 16.7 Å². The fourth-order valence-electron chi connectivity index (χ4n) is 2.25. The van der Waals surface area contributed by atoms with Gasteiger partial charge in [-0.05, 0) is 48.5 Å². The number of benzene rings is 3. The number of sulfone groups is 1. The van der Waals surface area contributed by atoms with Crippen molar-refractivity contribution < 1.29 is 8.42 Å². The Labute approximate surface area is 154 Å². The van der Waals surface area contributed by atoms with E-state index in [4.69, 9.17) is 0 Å². The van der Waals surface area contributed by atoms with E-state index in [1.54, 1.807) is 30.3 Å². The average Bonchev–Trinajstić information content (AvgIpc) is 2.69. The van der Waals surface area contributed by atoms with Crippen LogP contribution in [0.5, 0.6) is 0 Å². The van der Waals surface area contributed by atoms with Crippen LogP contribution in [0.2, 0.25) is 0 Å². The van der Waals surface area contributed by atoms with Gasteiger partial charge in [0.2, 0.25) is 0 Å². The highest BCUT2D eigenvalue weighted by molar-refractivity contribution is 7.91. The van der Waals surface area contributed by atoms with E-state index >= 15 is 0 Å². The Morgan fingerprint density at radius 2 is 1.04 bits per heavy atom. The highest BCUT2D eigenvalue weighted by Gasteiger charge is 2.11. The normalized spacial score (nSPS) is 10.2. The van der Waals surface area contributed by atoms with Gasteiger partial charge in [-0.3, -0.25) is 0 Å². The van der Waals surface area contributed by atoms with Gasteiger partial charge in [-0.25, -0.2) is 8.42 Å².